The third-order valence-corrected chi connectivity index (χ3v) is 3.40. The van der Waals surface area contributed by atoms with Crippen LogP contribution < -0.4 is 10.3 Å². The van der Waals surface area contributed by atoms with E-state index in [2.05, 4.69) is 5.10 Å². The van der Waals surface area contributed by atoms with Gasteiger partial charge >= 0.3 is 0 Å². The van der Waals surface area contributed by atoms with Crippen LogP contribution in [-0.4, -0.2) is 16.9 Å². The van der Waals surface area contributed by atoms with Crippen molar-refractivity contribution < 1.29 is 4.74 Å². The van der Waals surface area contributed by atoms with Crippen molar-refractivity contribution in [3.63, 3.8) is 0 Å². The van der Waals surface area contributed by atoms with Crippen LogP contribution in [0.3, 0.4) is 0 Å². The van der Waals surface area contributed by atoms with Crippen LogP contribution in [-0.2, 0) is 0 Å². The average molecular weight is 243 g/mol. The molecule has 0 bridgehead atoms. The molecule has 5 heteroatoms. The van der Waals surface area contributed by atoms with Gasteiger partial charge in [-0.2, -0.15) is 5.10 Å². The summed E-state index contributed by atoms with van der Waals surface area (Å²) in [5, 5.41) is 4.26. The molecular weight excluding hydrogens is 228 g/mol. The summed E-state index contributed by atoms with van der Waals surface area (Å²) in [6.07, 6.45) is 7.09. The van der Waals surface area contributed by atoms with Crippen molar-refractivity contribution in [1.29, 1.82) is 0 Å². The van der Waals surface area contributed by atoms with E-state index >= 15 is 0 Å². The topological polar surface area (TPSA) is 44.1 Å². The summed E-state index contributed by atoms with van der Waals surface area (Å²) in [5.74, 6) is 0.346. The number of hydrogen-bond donors (Lipinski definition) is 0. The predicted molar refractivity (Wildman–Crippen MR) is 62.2 cm³/mol. The number of aromatic nitrogens is 2. The van der Waals surface area contributed by atoms with Gasteiger partial charge in [0.25, 0.3) is 5.56 Å². The van der Waals surface area contributed by atoms with E-state index in [0.717, 1.165) is 25.7 Å². The minimum absolute atomic E-state index is 0.128. The van der Waals surface area contributed by atoms with Gasteiger partial charge in [-0.3, -0.25) is 4.79 Å². The predicted octanol–water partition coefficient (Wildman–Crippen LogP) is 2.41. The SMILES string of the molecule is COc1cnn(C2CCCCC2)c(=O)c1Cl. The van der Waals surface area contributed by atoms with Gasteiger partial charge in [0.2, 0.25) is 0 Å². The fraction of sp³-hybridized carbons (Fsp3) is 0.636. The number of halogens is 1. The number of nitrogens with zero attached hydrogens (tertiary/aromatic N) is 2. The third kappa shape index (κ3) is 2.07. The minimum atomic E-state index is -0.243. The number of ether oxygens (including phenoxy) is 1. The first-order valence-corrected chi connectivity index (χ1v) is 5.93. The van der Waals surface area contributed by atoms with E-state index in [1.54, 1.807) is 0 Å². The van der Waals surface area contributed by atoms with Crippen molar-refractivity contribution >= 4 is 11.6 Å². The number of rotatable bonds is 2. The largest absolute Gasteiger partial charge is 0.493 e. The lowest BCUT2D eigenvalue weighted by molar-refractivity contribution is 0.314. The van der Waals surface area contributed by atoms with E-state index in [1.165, 1.54) is 24.4 Å². The summed E-state index contributed by atoms with van der Waals surface area (Å²) < 4.78 is 6.46. The van der Waals surface area contributed by atoms with Crippen LogP contribution >= 0.6 is 11.6 Å². The fourth-order valence-corrected chi connectivity index (χ4v) is 2.37. The summed E-state index contributed by atoms with van der Waals surface area (Å²) in [6, 6.07) is 0.199. The van der Waals surface area contributed by atoms with E-state index in [-0.39, 0.29) is 16.6 Å². The molecular formula is C11H15ClN2O2. The molecule has 0 aliphatic heterocycles. The van der Waals surface area contributed by atoms with E-state index in [4.69, 9.17) is 16.3 Å². The fourth-order valence-electron chi connectivity index (χ4n) is 2.16. The molecule has 88 valence electrons. The monoisotopic (exact) mass is 242 g/mol. The highest BCUT2D eigenvalue weighted by molar-refractivity contribution is 6.31. The molecule has 1 saturated carbocycles. The Labute approximate surface area is 99.2 Å². The third-order valence-electron chi connectivity index (χ3n) is 3.05. The molecule has 1 aliphatic carbocycles. The van der Waals surface area contributed by atoms with Gasteiger partial charge in [0.05, 0.1) is 19.3 Å². The van der Waals surface area contributed by atoms with Crippen LogP contribution in [0.25, 0.3) is 0 Å². The van der Waals surface area contributed by atoms with Gasteiger partial charge < -0.3 is 4.74 Å². The van der Waals surface area contributed by atoms with Crippen molar-refractivity contribution in [2.75, 3.05) is 7.11 Å². The Hall–Kier alpha value is -1.03. The zero-order chi connectivity index (χ0) is 11.5. The first-order valence-electron chi connectivity index (χ1n) is 5.55. The van der Waals surface area contributed by atoms with Crippen molar-refractivity contribution in [1.82, 2.24) is 9.78 Å². The van der Waals surface area contributed by atoms with Gasteiger partial charge in [0, 0.05) is 0 Å². The Balaban J connectivity index is 2.34. The standard InChI is InChI=1S/C11H15ClN2O2/c1-16-9-7-13-14(11(15)10(9)12)8-5-3-2-4-6-8/h7-8H,2-6H2,1H3. The molecule has 0 amide bonds. The highest BCUT2D eigenvalue weighted by Crippen LogP contribution is 2.27. The summed E-state index contributed by atoms with van der Waals surface area (Å²) in [4.78, 5) is 11.9. The molecule has 0 radical (unpaired) electrons. The first kappa shape index (κ1) is 11.5. The Morgan fingerprint density at radius 1 is 1.44 bits per heavy atom. The van der Waals surface area contributed by atoms with E-state index < -0.39 is 0 Å². The quantitative estimate of drug-likeness (QED) is 0.800. The molecule has 0 spiro atoms. The van der Waals surface area contributed by atoms with E-state index in [9.17, 15) is 4.79 Å². The highest BCUT2D eigenvalue weighted by Gasteiger charge is 2.19. The lowest BCUT2D eigenvalue weighted by Crippen LogP contribution is -2.29. The van der Waals surface area contributed by atoms with Crippen molar-refractivity contribution in [2.45, 2.75) is 38.1 Å². The van der Waals surface area contributed by atoms with Crippen LogP contribution in [0.2, 0.25) is 5.02 Å². The molecule has 1 aromatic rings. The maximum absolute atomic E-state index is 11.9. The van der Waals surface area contributed by atoms with Crippen molar-refractivity contribution in [3.05, 3.63) is 21.6 Å². The highest BCUT2D eigenvalue weighted by atomic mass is 35.5. The molecule has 1 fully saturated rings. The summed E-state index contributed by atoms with van der Waals surface area (Å²) in [5.41, 5.74) is -0.243. The molecule has 4 nitrogen and oxygen atoms in total. The van der Waals surface area contributed by atoms with Gasteiger partial charge in [0.1, 0.15) is 0 Å². The first-order chi connectivity index (χ1) is 7.74. The van der Waals surface area contributed by atoms with Gasteiger partial charge in [-0.1, -0.05) is 30.9 Å². The van der Waals surface area contributed by atoms with Crippen molar-refractivity contribution in [3.8, 4) is 5.75 Å². The molecule has 16 heavy (non-hydrogen) atoms. The zero-order valence-corrected chi connectivity index (χ0v) is 10.0. The molecule has 0 saturated heterocycles. The lowest BCUT2D eigenvalue weighted by Gasteiger charge is -2.22. The molecule has 2 rings (SSSR count). The molecule has 0 atom stereocenters. The maximum Gasteiger partial charge on any atom is 0.289 e. The molecule has 0 aromatic carbocycles. The Morgan fingerprint density at radius 2 is 2.12 bits per heavy atom. The minimum Gasteiger partial charge on any atom is -0.493 e. The van der Waals surface area contributed by atoms with Crippen LogP contribution in [0.15, 0.2) is 11.0 Å². The zero-order valence-electron chi connectivity index (χ0n) is 9.28. The summed E-state index contributed by atoms with van der Waals surface area (Å²) in [7, 11) is 1.48. The van der Waals surface area contributed by atoms with Crippen LogP contribution in [0.4, 0.5) is 0 Å². The summed E-state index contributed by atoms with van der Waals surface area (Å²) in [6.45, 7) is 0. The number of hydrogen-bond acceptors (Lipinski definition) is 3. The van der Waals surface area contributed by atoms with Gasteiger partial charge in [-0.25, -0.2) is 4.68 Å². The second-order valence-electron chi connectivity index (χ2n) is 4.07. The Morgan fingerprint density at radius 3 is 2.75 bits per heavy atom. The van der Waals surface area contributed by atoms with Crippen molar-refractivity contribution in [2.24, 2.45) is 0 Å². The maximum atomic E-state index is 11.9. The molecule has 0 unspecified atom stereocenters. The Kier molecular flexibility index (Phi) is 3.49. The van der Waals surface area contributed by atoms with Gasteiger partial charge in [-0.05, 0) is 12.8 Å². The molecule has 1 aromatic heterocycles. The van der Waals surface area contributed by atoms with Crippen LogP contribution in [0.1, 0.15) is 38.1 Å². The number of methoxy groups -OCH3 is 1. The van der Waals surface area contributed by atoms with E-state index in [0.29, 0.717) is 5.75 Å². The van der Waals surface area contributed by atoms with Crippen LogP contribution in [0, 0.1) is 0 Å². The van der Waals surface area contributed by atoms with Gasteiger partial charge in [-0.15, -0.1) is 0 Å². The van der Waals surface area contributed by atoms with E-state index in [1.807, 2.05) is 0 Å². The second-order valence-corrected chi connectivity index (χ2v) is 4.45. The average Bonchev–Trinajstić information content (AvgIpc) is 2.34. The molecule has 1 aliphatic rings. The molecule has 0 N–H and O–H groups in total. The van der Waals surface area contributed by atoms with Gasteiger partial charge in [0.15, 0.2) is 10.8 Å². The van der Waals surface area contributed by atoms with Crippen LogP contribution in [0.5, 0.6) is 5.75 Å². The smallest absolute Gasteiger partial charge is 0.289 e. The Bertz CT molecular complexity index is 424. The molecule has 1 heterocycles. The summed E-state index contributed by atoms with van der Waals surface area (Å²) >= 11 is 5.92. The normalized spacial score (nSPS) is 17.4. The lowest BCUT2D eigenvalue weighted by atomic mass is 9.96. The second kappa shape index (κ2) is 4.87.